The Hall–Kier alpha value is -1.49. The molecule has 0 aliphatic rings. The number of aromatic nitrogens is 1. The van der Waals surface area contributed by atoms with Crippen molar-refractivity contribution >= 4 is 23.5 Å². The Morgan fingerprint density at radius 3 is 2.93 bits per heavy atom. The van der Waals surface area contributed by atoms with Crippen LogP contribution in [-0.2, 0) is 0 Å². The zero-order valence-electron chi connectivity index (χ0n) is 8.77. The summed E-state index contributed by atoms with van der Waals surface area (Å²) in [6.45, 7) is 4.02. The summed E-state index contributed by atoms with van der Waals surface area (Å²) in [6.07, 6.45) is 3.33. The molecule has 15 heavy (non-hydrogen) atoms. The molecule has 0 unspecified atom stereocenters. The van der Waals surface area contributed by atoms with Gasteiger partial charge < -0.3 is 5.32 Å². The standard InChI is InChI=1S/C10H14N4S/c1-8(2)13-10(15)14-12-7-9-5-3-4-6-11-9/h3-8H,1-2H3,(H2,13,14,15)/b12-7-. The van der Waals surface area contributed by atoms with E-state index >= 15 is 0 Å². The van der Waals surface area contributed by atoms with E-state index in [9.17, 15) is 0 Å². The first-order chi connectivity index (χ1) is 7.18. The summed E-state index contributed by atoms with van der Waals surface area (Å²) in [6, 6.07) is 5.92. The minimum atomic E-state index is 0.301. The molecule has 0 bridgehead atoms. The van der Waals surface area contributed by atoms with Gasteiger partial charge in [-0.25, -0.2) is 0 Å². The molecule has 0 atom stereocenters. The zero-order valence-corrected chi connectivity index (χ0v) is 9.58. The van der Waals surface area contributed by atoms with Crippen LogP contribution in [0.1, 0.15) is 19.5 Å². The maximum absolute atomic E-state index is 4.99. The predicted octanol–water partition coefficient (Wildman–Crippen LogP) is 1.29. The van der Waals surface area contributed by atoms with Crippen molar-refractivity contribution < 1.29 is 0 Å². The number of pyridine rings is 1. The second kappa shape index (κ2) is 6.08. The van der Waals surface area contributed by atoms with E-state index in [1.807, 2.05) is 32.0 Å². The third-order valence-corrected chi connectivity index (χ3v) is 1.68. The van der Waals surface area contributed by atoms with Gasteiger partial charge in [0.05, 0.1) is 11.9 Å². The lowest BCUT2D eigenvalue weighted by molar-refractivity contribution is 0.719. The Labute approximate surface area is 94.8 Å². The summed E-state index contributed by atoms with van der Waals surface area (Å²) in [4.78, 5) is 4.08. The Bertz CT molecular complexity index is 335. The van der Waals surface area contributed by atoms with Gasteiger partial charge in [-0.3, -0.25) is 10.4 Å². The maximum Gasteiger partial charge on any atom is 0.187 e. The number of nitrogens with one attached hydrogen (secondary N) is 2. The van der Waals surface area contributed by atoms with E-state index in [0.29, 0.717) is 11.2 Å². The van der Waals surface area contributed by atoms with E-state index in [4.69, 9.17) is 12.2 Å². The van der Waals surface area contributed by atoms with Crippen LogP contribution in [-0.4, -0.2) is 22.4 Å². The first kappa shape index (κ1) is 11.6. The molecule has 1 aromatic rings. The molecular formula is C10H14N4S. The molecule has 5 heteroatoms. The van der Waals surface area contributed by atoms with Gasteiger partial charge in [0.1, 0.15) is 0 Å². The summed E-state index contributed by atoms with van der Waals surface area (Å²) in [5, 5.41) is 7.48. The molecule has 0 radical (unpaired) electrons. The first-order valence-electron chi connectivity index (χ1n) is 4.69. The number of hydrogen-bond acceptors (Lipinski definition) is 3. The average molecular weight is 222 g/mol. The fourth-order valence-electron chi connectivity index (χ4n) is 0.904. The van der Waals surface area contributed by atoms with E-state index in [1.54, 1.807) is 12.4 Å². The lowest BCUT2D eigenvalue weighted by Gasteiger charge is -2.09. The minimum absolute atomic E-state index is 0.301. The van der Waals surface area contributed by atoms with Crippen LogP contribution < -0.4 is 10.7 Å². The van der Waals surface area contributed by atoms with Gasteiger partial charge in [0.25, 0.3) is 0 Å². The molecule has 0 saturated heterocycles. The van der Waals surface area contributed by atoms with E-state index < -0.39 is 0 Å². The van der Waals surface area contributed by atoms with Crippen LogP contribution in [0, 0.1) is 0 Å². The predicted molar refractivity (Wildman–Crippen MR) is 65.8 cm³/mol. The summed E-state index contributed by atoms with van der Waals surface area (Å²) in [7, 11) is 0. The Balaban J connectivity index is 2.37. The van der Waals surface area contributed by atoms with Gasteiger partial charge in [0.15, 0.2) is 5.11 Å². The average Bonchev–Trinajstić information content (AvgIpc) is 2.18. The Morgan fingerprint density at radius 1 is 1.53 bits per heavy atom. The van der Waals surface area contributed by atoms with Crippen molar-refractivity contribution in [3.8, 4) is 0 Å². The molecule has 0 saturated carbocycles. The van der Waals surface area contributed by atoms with Crippen LogP contribution in [0.3, 0.4) is 0 Å². The van der Waals surface area contributed by atoms with Crippen LogP contribution in [0.25, 0.3) is 0 Å². The molecule has 0 aliphatic heterocycles. The molecule has 4 nitrogen and oxygen atoms in total. The number of thiocarbonyl (C=S) groups is 1. The number of nitrogens with zero attached hydrogens (tertiary/aromatic N) is 2. The highest BCUT2D eigenvalue weighted by molar-refractivity contribution is 7.80. The SMILES string of the molecule is CC(C)NC(=S)N/N=C\c1ccccn1. The van der Waals surface area contributed by atoms with Crippen molar-refractivity contribution in [3.63, 3.8) is 0 Å². The van der Waals surface area contributed by atoms with E-state index in [1.165, 1.54) is 0 Å². The van der Waals surface area contributed by atoms with E-state index in [-0.39, 0.29) is 0 Å². The number of hydrogen-bond donors (Lipinski definition) is 2. The largest absolute Gasteiger partial charge is 0.359 e. The number of rotatable bonds is 3. The molecular weight excluding hydrogens is 208 g/mol. The topological polar surface area (TPSA) is 49.3 Å². The minimum Gasteiger partial charge on any atom is -0.359 e. The van der Waals surface area contributed by atoms with Gasteiger partial charge >= 0.3 is 0 Å². The molecule has 0 amide bonds. The van der Waals surface area contributed by atoms with Crippen LogP contribution in [0.2, 0.25) is 0 Å². The quantitative estimate of drug-likeness (QED) is 0.459. The van der Waals surface area contributed by atoms with Crippen LogP contribution >= 0.6 is 12.2 Å². The second-order valence-corrected chi connectivity index (χ2v) is 3.66. The van der Waals surface area contributed by atoms with Crippen molar-refractivity contribution in [2.45, 2.75) is 19.9 Å². The normalized spacial score (nSPS) is 10.6. The molecule has 0 aliphatic carbocycles. The van der Waals surface area contributed by atoms with Gasteiger partial charge in [-0.05, 0) is 38.2 Å². The highest BCUT2D eigenvalue weighted by Gasteiger charge is 1.94. The molecule has 0 spiro atoms. The zero-order chi connectivity index (χ0) is 11.1. The molecule has 80 valence electrons. The Morgan fingerprint density at radius 2 is 2.33 bits per heavy atom. The van der Waals surface area contributed by atoms with Crippen molar-refractivity contribution in [1.82, 2.24) is 15.7 Å². The summed E-state index contributed by atoms with van der Waals surface area (Å²) >= 11 is 4.99. The lowest BCUT2D eigenvalue weighted by atomic mass is 10.4. The van der Waals surface area contributed by atoms with Gasteiger partial charge in [0.2, 0.25) is 0 Å². The second-order valence-electron chi connectivity index (χ2n) is 3.25. The maximum atomic E-state index is 4.99. The van der Waals surface area contributed by atoms with Gasteiger partial charge in [0, 0.05) is 12.2 Å². The molecule has 1 rings (SSSR count). The summed E-state index contributed by atoms with van der Waals surface area (Å²) in [5.41, 5.74) is 3.50. The van der Waals surface area contributed by atoms with Gasteiger partial charge in [-0.15, -0.1) is 0 Å². The van der Waals surface area contributed by atoms with Gasteiger partial charge in [-0.2, -0.15) is 5.10 Å². The van der Waals surface area contributed by atoms with Crippen molar-refractivity contribution in [2.24, 2.45) is 5.10 Å². The van der Waals surface area contributed by atoms with E-state index in [0.717, 1.165) is 5.69 Å². The van der Waals surface area contributed by atoms with E-state index in [2.05, 4.69) is 20.8 Å². The highest BCUT2D eigenvalue weighted by Crippen LogP contribution is 1.87. The van der Waals surface area contributed by atoms with Crippen LogP contribution in [0.15, 0.2) is 29.5 Å². The summed E-state index contributed by atoms with van der Waals surface area (Å²) < 4.78 is 0. The smallest absolute Gasteiger partial charge is 0.187 e. The van der Waals surface area contributed by atoms with Crippen molar-refractivity contribution in [1.29, 1.82) is 0 Å². The lowest BCUT2D eigenvalue weighted by Crippen LogP contribution is -2.36. The molecule has 1 aromatic heterocycles. The monoisotopic (exact) mass is 222 g/mol. The van der Waals surface area contributed by atoms with Crippen molar-refractivity contribution in [3.05, 3.63) is 30.1 Å². The Kier molecular flexibility index (Phi) is 4.70. The third-order valence-electron chi connectivity index (χ3n) is 1.47. The highest BCUT2D eigenvalue weighted by atomic mass is 32.1. The number of hydrazone groups is 1. The third kappa shape index (κ3) is 5.07. The summed E-state index contributed by atoms with van der Waals surface area (Å²) in [5.74, 6) is 0. The fourth-order valence-corrected chi connectivity index (χ4v) is 1.19. The first-order valence-corrected chi connectivity index (χ1v) is 5.10. The van der Waals surface area contributed by atoms with Crippen LogP contribution in [0.4, 0.5) is 0 Å². The molecule has 0 fully saturated rings. The van der Waals surface area contributed by atoms with Crippen LogP contribution in [0.5, 0.6) is 0 Å². The molecule has 2 N–H and O–H groups in total. The van der Waals surface area contributed by atoms with Crippen molar-refractivity contribution in [2.75, 3.05) is 0 Å². The molecule has 1 heterocycles. The fraction of sp³-hybridized carbons (Fsp3) is 0.300. The molecule has 0 aromatic carbocycles. The van der Waals surface area contributed by atoms with Gasteiger partial charge in [-0.1, -0.05) is 6.07 Å².